The van der Waals surface area contributed by atoms with E-state index >= 15 is 0 Å². The Balaban J connectivity index is 1.78. The van der Waals surface area contributed by atoms with Crippen molar-refractivity contribution in [1.29, 1.82) is 0 Å². The summed E-state index contributed by atoms with van der Waals surface area (Å²) in [5, 5.41) is 15.8. The fourth-order valence-corrected chi connectivity index (χ4v) is 4.85. The number of benzene rings is 2. The van der Waals surface area contributed by atoms with Gasteiger partial charge in [-0.2, -0.15) is 0 Å². The molecule has 1 atom stereocenters. The molecular weight excluding hydrogens is 533 g/mol. The monoisotopic (exact) mass is 561 g/mol. The Morgan fingerprint density at radius 3 is 2.65 bits per heavy atom. The van der Waals surface area contributed by atoms with Gasteiger partial charge in [-0.15, -0.1) is 16.8 Å². The number of nitrogens with zero attached hydrogens (tertiary/aromatic N) is 3. The van der Waals surface area contributed by atoms with Gasteiger partial charge in [-0.1, -0.05) is 61.0 Å². The van der Waals surface area contributed by atoms with Crippen molar-refractivity contribution in [2.45, 2.75) is 38.0 Å². The summed E-state index contributed by atoms with van der Waals surface area (Å²) in [5.74, 6) is 1.06. The van der Waals surface area contributed by atoms with Crippen molar-refractivity contribution in [3.05, 3.63) is 76.6 Å². The summed E-state index contributed by atoms with van der Waals surface area (Å²) >= 11 is 13.5. The van der Waals surface area contributed by atoms with Gasteiger partial charge >= 0.3 is 0 Å². The molecule has 2 aromatic carbocycles. The number of anilines is 1. The molecule has 0 saturated heterocycles. The molecule has 0 spiro atoms. The van der Waals surface area contributed by atoms with Gasteiger partial charge in [0.15, 0.2) is 11.0 Å². The highest BCUT2D eigenvalue weighted by Crippen LogP contribution is 2.27. The molecule has 2 amide bonds. The Morgan fingerprint density at radius 2 is 1.97 bits per heavy atom. The average Bonchev–Trinajstić information content (AvgIpc) is 3.24. The number of rotatable bonds is 12. The molecule has 11 heteroatoms. The Bertz CT molecular complexity index is 1260. The van der Waals surface area contributed by atoms with Crippen molar-refractivity contribution < 1.29 is 14.3 Å². The highest BCUT2D eigenvalue weighted by Gasteiger charge is 2.25. The molecule has 0 radical (unpaired) electrons. The average molecular weight is 563 g/mol. The van der Waals surface area contributed by atoms with Crippen LogP contribution in [0.4, 0.5) is 5.69 Å². The van der Waals surface area contributed by atoms with Crippen LogP contribution in [0, 0.1) is 5.92 Å². The molecule has 196 valence electrons. The van der Waals surface area contributed by atoms with Gasteiger partial charge in [-0.25, -0.2) is 0 Å². The second-order valence-electron chi connectivity index (χ2n) is 8.59. The number of carbonyl (C=O) groups excluding carboxylic acids is 2. The fraction of sp³-hybridized carbons (Fsp3) is 0.308. The van der Waals surface area contributed by atoms with Crippen molar-refractivity contribution in [2.75, 3.05) is 18.2 Å². The fourth-order valence-electron chi connectivity index (χ4n) is 3.60. The number of aromatic nitrogens is 3. The minimum atomic E-state index is -0.438. The molecule has 0 unspecified atom stereocenters. The predicted molar refractivity (Wildman–Crippen MR) is 149 cm³/mol. The van der Waals surface area contributed by atoms with Gasteiger partial charge in [0.25, 0.3) is 5.91 Å². The molecule has 0 aliphatic carbocycles. The summed E-state index contributed by atoms with van der Waals surface area (Å²) in [6, 6.07) is 11.4. The zero-order valence-electron chi connectivity index (χ0n) is 20.8. The molecule has 0 aliphatic rings. The first-order valence-electron chi connectivity index (χ1n) is 11.6. The standard InChI is InChI=1S/C26H29Cl2N5O3S/c1-5-11-33-24(22(12-16(2)3)30-25(35)20-10-9-17(27)13-21(20)28)31-32-26(33)37-15-23(34)29-18-7-6-8-19(14-18)36-4/h5-10,13-14,16,22H,1,11-12,15H2,2-4H3,(H,29,34)(H,30,35)/t22-/m0/s1. The quantitative estimate of drug-likeness (QED) is 0.207. The summed E-state index contributed by atoms with van der Waals surface area (Å²) in [6.45, 7) is 8.36. The Kier molecular flexibility index (Phi) is 10.4. The first-order valence-corrected chi connectivity index (χ1v) is 13.3. The van der Waals surface area contributed by atoms with E-state index in [1.807, 2.05) is 4.57 Å². The van der Waals surface area contributed by atoms with Crippen LogP contribution in [0.15, 0.2) is 60.3 Å². The van der Waals surface area contributed by atoms with Crippen LogP contribution in [-0.2, 0) is 11.3 Å². The van der Waals surface area contributed by atoms with Crippen LogP contribution < -0.4 is 15.4 Å². The van der Waals surface area contributed by atoms with Crippen molar-refractivity contribution >= 4 is 52.5 Å². The predicted octanol–water partition coefficient (Wildman–Crippen LogP) is 6.03. The Labute approximate surface area is 230 Å². The van der Waals surface area contributed by atoms with E-state index < -0.39 is 6.04 Å². The SMILES string of the molecule is C=CCn1c(SCC(=O)Nc2cccc(OC)c2)nnc1[C@H](CC(C)C)NC(=O)c1ccc(Cl)cc1Cl. The molecular formula is C26H29Cl2N5O3S. The zero-order chi connectivity index (χ0) is 26.9. The maximum atomic E-state index is 13.1. The van der Waals surface area contributed by atoms with E-state index in [4.69, 9.17) is 27.9 Å². The highest BCUT2D eigenvalue weighted by molar-refractivity contribution is 7.99. The number of amides is 2. The molecule has 2 N–H and O–H groups in total. The number of hydrogen-bond donors (Lipinski definition) is 2. The van der Waals surface area contributed by atoms with Crippen LogP contribution in [0.5, 0.6) is 5.75 Å². The van der Waals surface area contributed by atoms with Crippen molar-refractivity contribution in [3.63, 3.8) is 0 Å². The van der Waals surface area contributed by atoms with Crippen LogP contribution in [-0.4, -0.2) is 39.4 Å². The van der Waals surface area contributed by atoms with Gasteiger partial charge in [-0.3, -0.25) is 9.59 Å². The maximum absolute atomic E-state index is 13.1. The number of halogens is 2. The molecule has 1 aromatic heterocycles. The lowest BCUT2D eigenvalue weighted by molar-refractivity contribution is -0.113. The van der Waals surface area contributed by atoms with E-state index in [0.29, 0.717) is 46.0 Å². The Hall–Kier alpha value is -3.01. The second kappa shape index (κ2) is 13.5. The summed E-state index contributed by atoms with van der Waals surface area (Å²) in [7, 11) is 1.57. The van der Waals surface area contributed by atoms with Crippen LogP contribution in [0.1, 0.15) is 42.5 Å². The van der Waals surface area contributed by atoms with Gasteiger partial charge in [0, 0.05) is 23.3 Å². The van der Waals surface area contributed by atoms with E-state index in [1.165, 1.54) is 17.8 Å². The number of carbonyl (C=O) groups is 2. The number of ether oxygens (including phenoxy) is 1. The molecule has 3 aromatic rings. The topological polar surface area (TPSA) is 98.1 Å². The lowest BCUT2D eigenvalue weighted by Gasteiger charge is -2.21. The number of thioether (sulfide) groups is 1. The van der Waals surface area contributed by atoms with Crippen molar-refractivity contribution in [1.82, 2.24) is 20.1 Å². The first-order chi connectivity index (χ1) is 17.7. The van der Waals surface area contributed by atoms with Gasteiger partial charge in [0.1, 0.15) is 5.75 Å². The van der Waals surface area contributed by atoms with Gasteiger partial charge < -0.3 is 19.9 Å². The molecule has 0 fully saturated rings. The van der Waals surface area contributed by atoms with Gasteiger partial charge in [-0.05, 0) is 42.7 Å². The molecule has 0 saturated carbocycles. The Morgan fingerprint density at radius 1 is 1.19 bits per heavy atom. The van der Waals surface area contributed by atoms with Crippen LogP contribution in [0.25, 0.3) is 0 Å². The zero-order valence-corrected chi connectivity index (χ0v) is 23.2. The van der Waals surface area contributed by atoms with E-state index in [0.717, 1.165) is 0 Å². The van der Waals surface area contributed by atoms with E-state index in [2.05, 4.69) is 41.3 Å². The second-order valence-corrected chi connectivity index (χ2v) is 10.4. The van der Waals surface area contributed by atoms with Crippen LogP contribution >= 0.6 is 35.0 Å². The lowest BCUT2D eigenvalue weighted by atomic mass is 10.0. The third-order valence-corrected chi connectivity index (χ3v) is 6.76. The van der Waals surface area contributed by atoms with Crippen molar-refractivity contribution in [2.24, 2.45) is 5.92 Å². The minimum Gasteiger partial charge on any atom is -0.497 e. The van der Waals surface area contributed by atoms with Gasteiger partial charge in [0.2, 0.25) is 5.91 Å². The lowest BCUT2D eigenvalue weighted by Crippen LogP contribution is -2.32. The normalized spacial score (nSPS) is 11.7. The maximum Gasteiger partial charge on any atom is 0.253 e. The third kappa shape index (κ3) is 7.99. The summed E-state index contributed by atoms with van der Waals surface area (Å²) < 4.78 is 7.05. The van der Waals surface area contributed by atoms with E-state index in [1.54, 1.807) is 49.6 Å². The van der Waals surface area contributed by atoms with Crippen molar-refractivity contribution in [3.8, 4) is 5.75 Å². The van der Waals surface area contributed by atoms with Gasteiger partial charge in [0.05, 0.1) is 29.5 Å². The highest BCUT2D eigenvalue weighted by atomic mass is 35.5. The summed E-state index contributed by atoms with van der Waals surface area (Å²) in [6.07, 6.45) is 2.34. The number of allylic oxidation sites excluding steroid dienone is 1. The molecule has 1 heterocycles. The first kappa shape index (κ1) is 28.6. The minimum absolute atomic E-state index is 0.119. The third-order valence-electron chi connectivity index (χ3n) is 5.24. The number of nitrogens with one attached hydrogen (secondary N) is 2. The molecule has 37 heavy (non-hydrogen) atoms. The number of hydrogen-bond acceptors (Lipinski definition) is 6. The molecule has 0 aliphatic heterocycles. The summed E-state index contributed by atoms with van der Waals surface area (Å²) in [5.41, 5.74) is 0.956. The smallest absolute Gasteiger partial charge is 0.253 e. The summed E-state index contributed by atoms with van der Waals surface area (Å²) in [4.78, 5) is 25.6. The largest absolute Gasteiger partial charge is 0.497 e. The molecule has 8 nitrogen and oxygen atoms in total. The van der Waals surface area contributed by atoms with Crippen LogP contribution in [0.2, 0.25) is 10.0 Å². The molecule has 3 rings (SSSR count). The molecule has 0 bridgehead atoms. The van der Waals surface area contributed by atoms with E-state index in [9.17, 15) is 9.59 Å². The number of methoxy groups -OCH3 is 1. The van der Waals surface area contributed by atoms with E-state index in [-0.39, 0.29) is 28.5 Å². The van der Waals surface area contributed by atoms with Crippen LogP contribution in [0.3, 0.4) is 0 Å².